The molecule has 0 aliphatic heterocycles. The minimum atomic E-state index is -0.239. The number of nitrogens with two attached hydrogens (primary N) is 2. The Morgan fingerprint density at radius 3 is 2.35 bits per heavy atom. The van der Waals surface area contributed by atoms with Crippen molar-refractivity contribution in [3.63, 3.8) is 0 Å². The average molecular weight is 274 g/mol. The number of anilines is 2. The Labute approximate surface area is 117 Å². The number of aromatic nitrogens is 1. The van der Waals surface area contributed by atoms with E-state index in [9.17, 15) is 4.79 Å². The summed E-state index contributed by atoms with van der Waals surface area (Å²) in [6.45, 7) is 5.53. The molecule has 0 aliphatic carbocycles. The molecule has 5 N–H and O–H groups in total. The molecule has 0 saturated heterocycles. The SMILES string of the molecule is Cc1noc(C)c1C(C)NC(=O)c1cc(N)cc(N)c1. The third kappa shape index (κ3) is 2.74. The van der Waals surface area contributed by atoms with E-state index in [0.717, 1.165) is 11.3 Å². The number of nitrogens with zero attached hydrogens (tertiary/aromatic N) is 1. The summed E-state index contributed by atoms with van der Waals surface area (Å²) in [5.41, 5.74) is 14.4. The van der Waals surface area contributed by atoms with Gasteiger partial charge in [0, 0.05) is 22.5 Å². The fraction of sp³-hybridized carbons (Fsp3) is 0.286. The number of benzene rings is 1. The lowest BCUT2D eigenvalue weighted by molar-refractivity contribution is 0.0939. The Balaban J connectivity index is 2.19. The first-order valence-corrected chi connectivity index (χ1v) is 6.28. The van der Waals surface area contributed by atoms with Gasteiger partial charge in [0.25, 0.3) is 5.91 Å². The number of carbonyl (C=O) groups excluding carboxylic acids is 1. The van der Waals surface area contributed by atoms with Gasteiger partial charge in [-0.15, -0.1) is 0 Å². The van der Waals surface area contributed by atoms with E-state index in [0.29, 0.717) is 22.7 Å². The van der Waals surface area contributed by atoms with Gasteiger partial charge in [-0.3, -0.25) is 4.79 Å². The van der Waals surface area contributed by atoms with Crippen LogP contribution < -0.4 is 16.8 Å². The van der Waals surface area contributed by atoms with Gasteiger partial charge in [-0.25, -0.2) is 0 Å². The van der Waals surface area contributed by atoms with Gasteiger partial charge in [0.1, 0.15) is 5.76 Å². The molecule has 0 bridgehead atoms. The summed E-state index contributed by atoms with van der Waals surface area (Å²) in [5, 5.41) is 6.76. The molecule has 1 heterocycles. The number of hydrogen-bond donors (Lipinski definition) is 3. The summed E-state index contributed by atoms with van der Waals surface area (Å²) in [6.07, 6.45) is 0. The lowest BCUT2D eigenvalue weighted by Crippen LogP contribution is -2.27. The number of carbonyl (C=O) groups is 1. The number of rotatable bonds is 3. The van der Waals surface area contributed by atoms with Crippen LogP contribution in [0.15, 0.2) is 22.7 Å². The molecule has 1 aromatic heterocycles. The molecular weight excluding hydrogens is 256 g/mol. The monoisotopic (exact) mass is 274 g/mol. The van der Waals surface area contributed by atoms with Crippen LogP contribution in [0.5, 0.6) is 0 Å². The minimum Gasteiger partial charge on any atom is -0.399 e. The first kappa shape index (κ1) is 13.9. The highest BCUT2D eigenvalue weighted by Gasteiger charge is 2.19. The van der Waals surface area contributed by atoms with Crippen molar-refractivity contribution in [2.45, 2.75) is 26.8 Å². The topological polar surface area (TPSA) is 107 Å². The molecule has 0 aliphatic rings. The normalized spacial score (nSPS) is 12.2. The maximum Gasteiger partial charge on any atom is 0.251 e. The Morgan fingerprint density at radius 1 is 1.25 bits per heavy atom. The highest BCUT2D eigenvalue weighted by atomic mass is 16.5. The van der Waals surface area contributed by atoms with Gasteiger partial charge in [0.05, 0.1) is 11.7 Å². The Kier molecular flexibility index (Phi) is 3.65. The molecule has 106 valence electrons. The third-order valence-corrected chi connectivity index (χ3v) is 3.11. The van der Waals surface area contributed by atoms with Gasteiger partial charge in [-0.2, -0.15) is 0 Å². The van der Waals surface area contributed by atoms with Crippen molar-refractivity contribution in [2.75, 3.05) is 11.5 Å². The number of amides is 1. The molecule has 2 aromatic rings. The van der Waals surface area contributed by atoms with Gasteiger partial charge in [0.15, 0.2) is 0 Å². The predicted octanol–water partition coefficient (Wildman–Crippen LogP) is 1.95. The van der Waals surface area contributed by atoms with Crippen LogP contribution in [-0.4, -0.2) is 11.1 Å². The molecule has 2 rings (SSSR count). The molecule has 1 atom stereocenters. The maximum absolute atomic E-state index is 12.2. The molecular formula is C14H18N4O2. The standard InChI is InChI=1S/C14H18N4O2/c1-7(13-8(2)18-20-9(13)3)17-14(19)10-4-11(15)6-12(16)5-10/h4-7H,15-16H2,1-3H3,(H,17,19). The van der Waals surface area contributed by atoms with Crippen molar-refractivity contribution in [2.24, 2.45) is 0 Å². The third-order valence-electron chi connectivity index (χ3n) is 3.11. The summed E-state index contributed by atoms with van der Waals surface area (Å²) < 4.78 is 5.10. The Hall–Kier alpha value is -2.50. The molecule has 1 unspecified atom stereocenters. The lowest BCUT2D eigenvalue weighted by Gasteiger charge is -2.14. The minimum absolute atomic E-state index is 0.212. The molecule has 6 heteroatoms. The second-order valence-electron chi connectivity index (χ2n) is 4.82. The second kappa shape index (κ2) is 5.24. The average Bonchev–Trinajstić information content (AvgIpc) is 2.67. The highest BCUT2D eigenvalue weighted by molar-refractivity contribution is 5.96. The quantitative estimate of drug-likeness (QED) is 0.741. The van der Waals surface area contributed by atoms with E-state index in [1.54, 1.807) is 18.2 Å². The van der Waals surface area contributed by atoms with Crippen molar-refractivity contribution >= 4 is 17.3 Å². The van der Waals surface area contributed by atoms with Crippen molar-refractivity contribution in [1.29, 1.82) is 0 Å². The molecule has 0 saturated carbocycles. The first-order valence-electron chi connectivity index (χ1n) is 6.28. The largest absolute Gasteiger partial charge is 0.399 e. The maximum atomic E-state index is 12.2. The summed E-state index contributed by atoms with van der Waals surface area (Å²) in [7, 11) is 0. The second-order valence-corrected chi connectivity index (χ2v) is 4.82. The van der Waals surface area contributed by atoms with Crippen LogP contribution in [0, 0.1) is 13.8 Å². The van der Waals surface area contributed by atoms with Gasteiger partial charge in [-0.05, 0) is 39.0 Å². The number of nitrogen functional groups attached to an aromatic ring is 2. The van der Waals surface area contributed by atoms with E-state index in [2.05, 4.69) is 10.5 Å². The zero-order valence-corrected chi connectivity index (χ0v) is 11.7. The van der Waals surface area contributed by atoms with E-state index >= 15 is 0 Å². The fourth-order valence-electron chi connectivity index (χ4n) is 2.27. The highest BCUT2D eigenvalue weighted by Crippen LogP contribution is 2.22. The van der Waals surface area contributed by atoms with Gasteiger partial charge >= 0.3 is 0 Å². The van der Waals surface area contributed by atoms with E-state index < -0.39 is 0 Å². The molecule has 0 fully saturated rings. The van der Waals surface area contributed by atoms with Gasteiger partial charge < -0.3 is 21.3 Å². The lowest BCUT2D eigenvalue weighted by atomic mass is 10.1. The smallest absolute Gasteiger partial charge is 0.251 e. The van der Waals surface area contributed by atoms with E-state index in [4.69, 9.17) is 16.0 Å². The van der Waals surface area contributed by atoms with Gasteiger partial charge in [-0.1, -0.05) is 5.16 Å². The van der Waals surface area contributed by atoms with Crippen LogP contribution in [0.1, 0.15) is 40.3 Å². The zero-order valence-electron chi connectivity index (χ0n) is 11.7. The predicted molar refractivity (Wildman–Crippen MR) is 77.1 cm³/mol. The Morgan fingerprint density at radius 2 is 1.85 bits per heavy atom. The van der Waals surface area contributed by atoms with E-state index in [1.165, 1.54) is 0 Å². The summed E-state index contributed by atoms with van der Waals surface area (Å²) in [4.78, 5) is 12.2. The molecule has 0 spiro atoms. The molecule has 6 nitrogen and oxygen atoms in total. The number of hydrogen-bond acceptors (Lipinski definition) is 5. The van der Waals surface area contributed by atoms with Crippen LogP contribution in [0.2, 0.25) is 0 Å². The van der Waals surface area contributed by atoms with Crippen LogP contribution >= 0.6 is 0 Å². The van der Waals surface area contributed by atoms with Crippen LogP contribution in [0.25, 0.3) is 0 Å². The van der Waals surface area contributed by atoms with Crippen molar-refractivity contribution in [1.82, 2.24) is 10.5 Å². The van der Waals surface area contributed by atoms with Crippen molar-refractivity contribution in [3.05, 3.63) is 40.8 Å². The molecule has 1 amide bonds. The van der Waals surface area contributed by atoms with Crippen molar-refractivity contribution < 1.29 is 9.32 Å². The molecule has 1 aromatic carbocycles. The fourth-order valence-corrected chi connectivity index (χ4v) is 2.27. The summed E-state index contributed by atoms with van der Waals surface area (Å²) >= 11 is 0. The Bertz CT molecular complexity index is 609. The summed E-state index contributed by atoms with van der Waals surface area (Å²) in [6, 6.07) is 4.57. The van der Waals surface area contributed by atoms with E-state index in [1.807, 2.05) is 20.8 Å². The number of aryl methyl sites for hydroxylation is 2. The van der Waals surface area contributed by atoms with Crippen molar-refractivity contribution in [3.8, 4) is 0 Å². The van der Waals surface area contributed by atoms with Crippen LogP contribution in [0.4, 0.5) is 11.4 Å². The number of nitrogens with one attached hydrogen (secondary N) is 1. The van der Waals surface area contributed by atoms with E-state index in [-0.39, 0.29) is 11.9 Å². The van der Waals surface area contributed by atoms with Gasteiger partial charge in [0.2, 0.25) is 0 Å². The molecule has 20 heavy (non-hydrogen) atoms. The van der Waals surface area contributed by atoms with Crippen LogP contribution in [-0.2, 0) is 0 Å². The van der Waals surface area contributed by atoms with Crippen LogP contribution in [0.3, 0.4) is 0 Å². The summed E-state index contributed by atoms with van der Waals surface area (Å²) in [5.74, 6) is 0.457. The zero-order chi connectivity index (χ0) is 14.9. The molecule has 0 radical (unpaired) electrons. The first-order chi connectivity index (χ1) is 9.38.